The fraction of sp³-hybridized carbons (Fsp3) is 0.808. The summed E-state index contributed by atoms with van der Waals surface area (Å²) in [5.41, 5.74) is 2.57. The number of rotatable bonds is 5. The highest BCUT2D eigenvalue weighted by Gasteiger charge is 2.78. The van der Waals surface area contributed by atoms with Crippen molar-refractivity contribution in [2.45, 2.75) is 174 Å². The Bertz CT molecular complexity index is 2210. The van der Waals surface area contributed by atoms with Crippen molar-refractivity contribution in [3.8, 4) is 12.1 Å². The van der Waals surface area contributed by atoms with Crippen molar-refractivity contribution in [3.05, 3.63) is 35.9 Å². The lowest BCUT2D eigenvalue weighted by molar-refractivity contribution is -0.133. The molecule has 2 aromatic rings. The molecule has 2 heterocycles. The Labute approximate surface area is 383 Å². The minimum Gasteiger partial charge on any atom is -0.390 e. The van der Waals surface area contributed by atoms with Crippen molar-refractivity contribution < 1.29 is 19.8 Å². The molecule has 10 aliphatic carbocycles. The molecule has 11 heteroatoms. The molecule has 3 N–H and O–H groups in total. The highest BCUT2D eigenvalue weighted by atomic mass is 79.9. The summed E-state index contributed by atoms with van der Waals surface area (Å²) in [6, 6.07) is 4.01. The van der Waals surface area contributed by atoms with Crippen LogP contribution < -0.4 is 0 Å². The topological polar surface area (TPSA) is 169 Å². The summed E-state index contributed by atoms with van der Waals surface area (Å²) in [5.74, 6) is 5.94. The number of H-pyrrole nitrogens is 1. The van der Waals surface area contributed by atoms with Crippen LogP contribution in [0.1, 0.15) is 167 Å². The molecular weight excluding hydrogens is 853 g/mol. The average Bonchev–Trinajstić information content (AvgIpc) is 3.60. The molecule has 0 spiro atoms. The summed E-state index contributed by atoms with van der Waals surface area (Å²) in [5, 5.41) is 49.4. The van der Waals surface area contributed by atoms with Crippen LogP contribution in [0.4, 0.5) is 0 Å². The second kappa shape index (κ2) is 15.1. The van der Waals surface area contributed by atoms with Gasteiger partial charge in [0.1, 0.15) is 17.9 Å². The Kier molecular flexibility index (Phi) is 10.5. The van der Waals surface area contributed by atoms with Crippen LogP contribution in [-0.4, -0.2) is 58.3 Å². The zero-order chi connectivity index (χ0) is 44.4. The summed E-state index contributed by atoms with van der Waals surface area (Å²) in [4.78, 5) is 25.9. The van der Waals surface area contributed by atoms with E-state index in [0.717, 1.165) is 68.1 Å². The van der Waals surface area contributed by atoms with Crippen LogP contribution in [0.25, 0.3) is 0 Å². The zero-order valence-electron chi connectivity index (χ0n) is 38.3. The summed E-state index contributed by atoms with van der Waals surface area (Å²) < 4.78 is 1.65. The third-order valence-corrected chi connectivity index (χ3v) is 22.2. The fourth-order valence-electron chi connectivity index (χ4n) is 19.1. The van der Waals surface area contributed by atoms with Crippen LogP contribution in [0, 0.1) is 102 Å². The van der Waals surface area contributed by atoms with Crippen molar-refractivity contribution in [1.82, 2.24) is 20.0 Å². The first-order valence-electron chi connectivity index (χ1n) is 24.8. The number of ketones is 2. The predicted octanol–water partition coefficient (Wildman–Crippen LogP) is 9.88. The predicted molar refractivity (Wildman–Crippen MR) is 242 cm³/mol. The van der Waals surface area contributed by atoms with E-state index >= 15 is 0 Å². The second-order valence-electron chi connectivity index (χ2n) is 24.5. The number of fused-ring (bicyclic) bond motifs is 6. The average molecular weight is 924 g/mol. The maximum Gasteiger partial charge on any atom is 0.157 e. The van der Waals surface area contributed by atoms with Crippen molar-refractivity contribution in [1.29, 1.82) is 10.5 Å². The molecule has 0 aliphatic heterocycles. The van der Waals surface area contributed by atoms with Gasteiger partial charge >= 0.3 is 0 Å². The number of alkyl halides is 1. The van der Waals surface area contributed by atoms with Gasteiger partial charge in [0.05, 0.1) is 46.6 Å². The van der Waals surface area contributed by atoms with E-state index in [1.54, 1.807) is 23.3 Å². The molecule has 0 aromatic carbocycles. The number of halogens is 1. The zero-order valence-corrected chi connectivity index (χ0v) is 39.9. The summed E-state index contributed by atoms with van der Waals surface area (Å²) in [6.45, 7) is 9.28. The van der Waals surface area contributed by atoms with Gasteiger partial charge in [-0.3, -0.25) is 19.4 Å². The number of carbonyl (C=O) groups is 2. The van der Waals surface area contributed by atoms with Gasteiger partial charge in [-0.15, -0.1) is 0 Å². The minimum absolute atomic E-state index is 0.120. The van der Waals surface area contributed by atoms with Crippen molar-refractivity contribution in [3.63, 3.8) is 0 Å². The molecule has 0 saturated heterocycles. The molecule has 63 heavy (non-hydrogen) atoms. The Morgan fingerprint density at radius 1 is 0.683 bits per heavy atom. The standard InChI is InChI=1S/C26H35N3O2.C22H33BrO2.C4H3N3/c1-23(31)9-10-26-16-25(26,15-23)8-5-18-19-3-4-21(24(19,2)7-6-20(18)26)22(30)14-29-13-17(11-27)12-28-29;1-19(25)9-10-22-13-21(22,12-19)8-5-14-15-3-4-17(18(24)11-23)20(15,2)7-6-16(14)22;5-1-4-2-6-7-3-4/h12-13,18-21,31H,3-10,14-16H2,1-2H3;14-17,25H,3-13H2,1-2H3;2-3H,(H,6,7)/t18-,19-,20-,21+,23+,24-,25+,26-;14-,15-,16-,17+,19+,20-,21+,22-;/m00./s1. The largest absolute Gasteiger partial charge is 0.390 e. The lowest BCUT2D eigenvalue weighted by Crippen LogP contribution is -2.51. The molecule has 0 radical (unpaired) electrons. The molecule has 12 rings (SSSR count). The van der Waals surface area contributed by atoms with E-state index in [0.29, 0.717) is 68.1 Å². The SMILES string of the molecule is C[C@@]1(O)CC[C@@]23C[C@@]2(CC[C@H]2[C@@H]4CC[C@H](C(=O)CBr)[C@@]4(C)CC[C@@H]23)C1.C[C@@]1(O)CC[C@@]23C[C@@]2(CC[C@H]2[C@@H]4CC[C@H](C(=O)Cn5cc(C#N)cn5)[C@@]4(C)CC[C@@H]23)C1.N#Cc1cn[nH]c1. The van der Waals surface area contributed by atoms with E-state index in [-0.39, 0.29) is 16.7 Å². The van der Waals surface area contributed by atoms with Gasteiger partial charge in [-0.2, -0.15) is 20.7 Å². The number of aliphatic hydroxyl groups is 2. The molecule has 10 saturated carbocycles. The maximum absolute atomic E-state index is 13.3. The van der Waals surface area contributed by atoms with Crippen LogP contribution >= 0.6 is 15.9 Å². The van der Waals surface area contributed by atoms with E-state index in [9.17, 15) is 19.8 Å². The maximum atomic E-state index is 13.3. The molecule has 10 nitrogen and oxygen atoms in total. The van der Waals surface area contributed by atoms with Gasteiger partial charge in [0.2, 0.25) is 0 Å². The lowest BCUT2D eigenvalue weighted by Gasteiger charge is -2.56. The number of hydrogen-bond acceptors (Lipinski definition) is 8. The molecule has 0 bridgehead atoms. The number of nitriles is 2. The first-order valence-corrected chi connectivity index (χ1v) is 25.9. The number of nitrogens with one attached hydrogen (secondary N) is 1. The molecule has 0 amide bonds. The van der Waals surface area contributed by atoms with Crippen LogP contribution in [0.5, 0.6) is 0 Å². The van der Waals surface area contributed by atoms with Crippen molar-refractivity contribution >= 4 is 27.5 Å². The number of nitrogens with zero attached hydrogens (tertiary/aromatic N) is 5. The van der Waals surface area contributed by atoms with E-state index in [1.807, 2.05) is 6.07 Å². The summed E-state index contributed by atoms with van der Waals surface area (Å²) in [7, 11) is 0. The number of aromatic nitrogens is 4. The van der Waals surface area contributed by atoms with Gasteiger partial charge in [-0.05, 0) is 210 Å². The van der Waals surface area contributed by atoms with Gasteiger partial charge in [0.25, 0.3) is 0 Å². The first-order chi connectivity index (χ1) is 29.9. The number of hydrogen-bond donors (Lipinski definition) is 3. The van der Waals surface area contributed by atoms with Gasteiger partial charge in [-0.1, -0.05) is 29.8 Å². The number of carbonyl (C=O) groups excluding carboxylic acids is 2. The Morgan fingerprint density at radius 3 is 1.65 bits per heavy atom. The fourth-order valence-corrected chi connectivity index (χ4v) is 19.5. The first kappa shape index (κ1) is 44.0. The molecule has 2 aromatic heterocycles. The van der Waals surface area contributed by atoms with Crippen LogP contribution in [0.15, 0.2) is 24.8 Å². The summed E-state index contributed by atoms with van der Waals surface area (Å²) >= 11 is 3.43. The van der Waals surface area contributed by atoms with Crippen LogP contribution in [0.3, 0.4) is 0 Å². The highest BCUT2D eigenvalue weighted by molar-refractivity contribution is 9.09. The van der Waals surface area contributed by atoms with Gasteiger partial charge < -0.3 is 10.2 Å². The lowest BCUT2D eigenvalue weighted by atomic mass is 9.48. The Balaban J connectivity index is 0.000000132. The van der Waals surface area contributed by atoms with E-state index in [1.165, 1.54) is 96.1 Å². The molecule has 16 atom stereocenters. The minimum atomic E-state index is -0.460. The third kappa shape index (κ3) is 6.75. The van der Waals surface area contributed by atoms with E-state index in [4.69, 9.17) is 10.5 Å². The van der Waals surface area contributed by atoms with Crippen molar-refractivity contribution in [2.24, 2.45) is 79.8 Å². The Hall–Kier alpha value is -2.86. The monoisotopic (exact) mass is 922 g/mol. The molecule has 0 unspecified atom stereocenters. The van der Waals surface area contributed by atoms with E-state index in [2.05, 4.69) is 65.0 Å². The molecule has 10 fully saturated rings. The normalized spacial score (nSPS) is 49.0. The Morgan fingerprint density at radius 2 is 1.21 bits per heavy atom. The van der Waals surface area contributed by atoms with Gasteiger partial charge in [0.15, 0.2) is 5.78 Å². The smallest absolute Gasteiger partial charge is 0.157 e. The highest BCUT2D eigenvalue weighted by Crippen LogP contribution is 2.85. The van der Waals surface area contributed by atoms with Gasteiger partial charge in [0, 0.05) is 24.2 Å². The number of Topliss-reactive ketones (excluding diaryl/α,β-unsaturated/α-hetero) is 2. The van der Waals surface area contributed by atoms with E-state index < -0.39 is 11.2 Å². The van der Waals surface area contributed by atoms with Crippen LogP contribution in [0.2, 0.25) is 0 Å². The third-order valence-electron chi connectivity index (χ3n) is 21.7. The quantitative estimate of drug-likeness (QED) is 0.249. The summed E-state index contributed by atoms with van der Waals surface area (Å²) in [6.07, 6.45) is 30.5. The van der Waals surface area contributed by atoms with Crippen LogP contribution in [-0.2, 0) is 16.1 Å². The second-order valence-corrected chi connectivity index (χ2v) is 25.0. The number of aromatic amines is 1. The molecule has 340 valence electrons. The molecule has 10 aliphatic rings. The molecular formula is C52H71BrN6O4. The van der Waals surface area contributed by atoms with Gasteiger partial charge in [-0.25, -0.2) is 0 Å². The van der Waals surface area contributed by atoms with Crippen molar-refractivity contribution in [2.75, 3.05) is 5.33 Å².